The Hall–Kier alpha value is -2.80. The van der Waals surface area contributed by atoms with Gasteiger partial charge in [-0.1, -0.05) is 18.2 Å². The van der Waals surface area contributed by atoms with Gasteiger partial charge in [0.1, 0.15) is 5.82 Å². The van der Waals surface area contributed by atoms with Gasteiger partial charge in [0.2, 0.25) is 5.91 Å². The molecule has 0 aliphatic carbocycles. The van der Waals surface area contributed by atoms with E-state index in [0.29, 0.717) is 17.8 Å². The van der Waals surface area contributed by atoms with Crippen LogP contribution in [-0.2, 0) is 4.79 Å². The zero-order valence-electron chi connectivity index (χ0n) is 18.4. The van der Waals surface area contributed by atoms with E-state index in [1.807, 2.05) is 42.2 Å². The van der Waals surface area contributed by atoms with Crippen LogP contribution in [-0.4, -0.2) is 64.8 Å². The molecular weight excluding hydrogens is 390 g/mol. The van der Waals surface area contributed by atoms with Crippen LogP contribution in [0.3, 0.4) is 0 Å². The van der Waals surface area contributed by atoms with E-state index >= 15 is 0 Å². The molecule has 31 heavy (non-hydrogen) atoms. The zero-order chi connectivity index (χ0) is 21.8. The normalized spacial score (nSPS) is 20.5. The summed E-state index contributed by atoms with van der Waals surface area (Å²) in [4.78, 5) is 39.1. The lowest BCUT2D eigenvalue weighted by molar-refractivity contribution is -0.138. The number of hydrogen-bond acceptors (Lipinski definition) is 5. The number of piperidine rings is 2. The number of nitrogens with one attached hydrogen (secondary N) is 1. The summed E-state index contributed by atoms with van der Waals surface area (Å²) in [7, 11) is 2.11. The van der Waals surface area contributed by atoms with Crippen LogP contribution in [0.5, 0.6) is 0 Å². The Labute approximate surface area is 183 Å². The fraction of sp³-hybridized carbons (Fsp3) is 0.500. The zero-order valence-corrected chi connectivity index (χ0v) is 18.4. The lowest BCUT2D eigenvalue weighted by atomic mass is 9.92. The van der Waals surface area contributed by atoms with Crippen LogP contribution < -0.4 is 5.32 Å². The number of para-hydroxylation sites is 1. The highest BCUT2D eigenvalue weighted by Crippen LogP contribution is 2.28. The van der Waals surface area contributed by atoms with Gasteiger partial charge in [-0.05, 0) is 64.9 Å². The Morgan fingerprint density at radius 3 is 2.52 bits per heavy atom. The Kier molecular flexibility index (Phi) is 6.61. The van der Waals surface area contributed by atoms with E-state index in [4.69, 9.17) is 0 Å². The van der Waals surface area contributed by atoms with Crippen molar-refractivity contribution in [3.8, 4) is 0 Å². The third kappa shape index (κ3) is 5.10. The van der Waals surface area contributed by atoms with Crippen LogP contribution in [0.15, 0.2) is 36.5 Å². The molecule has 4 rings (SSSR count). The van der Waals surface area contributed by atoms with Gasteiger partial charge in [0.05, 0.1) is 11.3 Å². The first kappa shape index (κ1) is 21.4. The van der Waals surface area contributed by atoms with Crippen LogP contribution in [0.1, 0.15) is 53.5 Å². The molecule has 2 saturated heterocycles. The number of carbonyl (C=O) groups is 2. The number of amides is 2. The number of nitrogens with zero attached hydrogens (tertiary/aromatic N) is 4. The molecule has 1 N–H and O–H groups in total. The van der Waals surface area contributed by atoms with Crippen molar-refractivity contribution in [2.24, 2.45) is 5.92 Å². The topological polar surface area (TPSA) is 78.4 Å². The number of aryl methyl sites for hydroxylation is 1. The first-order valence-corrected chi connectivity index (χ1v) is 11.2. The summed E-state index contributed by atoms with van der Waals surface area (Å²) in [6, 6.07) is 9.36. The van der Waals surface area contributed by atoms with Crippen molar-refractivity contribution < 1.29 is 9.59 Å². The summed E-state index contributed by atoms with van der Waals surface area (Å²) in [6.45, 7) is 5.30. The molecule has 2 aromatic rings. The van der Waals surface area contributed by atoms with E-state index in [1.54, 1.807) is 6.20 Å². The summed E-state index contributed by atoms with van der Waals surface area (Å²) in [6.07, 6.45) is 5.43. The second-order valence-electron chi connectivity index (χ2n) is 8.75. The SMILES string of the molecule is Cc1nc([C@@H]2CCCN(C(=O)C3CCN(C)CC3)C2)ncc1C(=O)Nc1ccccc1. The van der Waals surface area contributed by atoms with Crippen LogP contribution in [0.4, 0.5) is 5.69 Å². The van der Waals surface area contributed by atoms with E-state index in [2.05, 4.69) is 27.2 Å². The molecular formula is C24H31N5O2. The van der Waals surface area contributed by atoms with Crippen molar-refractivity contribution in [2.75, 3.05) is 38.5 Å². The smallest absolute Gasteiger partial charge is 0.259 e. The number of likely N-dealkylation sites (tertiary alicyclic amines) is 2. The van der Waals surface area contributed by atoms with Gasteiger partial charge in [0.25, 0.3) is 5.91 Å². The van der Waals surface area contributed by atoms with E-state index in [9.17, 15) is 9.59 Å². The van der Waals surface area contributed by atoms with Gasteiger partial charge in [-0.2, -0.15) is 0 Å². The van der Waals surface area contributed by atoms with Gasteiger partial charge in [0.15, 0.2) is 0 Å². The maximum Gasteiger partial charge on any atom is 0.259 e. The molecule has 1 aromatic heterocycles. The minimum absolute atomic E-state index is 0.119. The quantitative estimate of drug-likeness (QED) is 0.821. The lowest BCUT2D eigenvalue weighted by Crippen LogP contribution is -2.45. The molecule has 164 valence electrons. The second kappa shape index (κ2) is 9.56. The number of rotatable bonds is 4. The fourth-order valence-electron chi connectivity index (χ4n) is 4.53. The molecule has 7 nitrogen and oxygen atoms in total. The highest BCUT2D eigenvalue weighted by molar-refractivity contribution is 6.04. The molecule has 0 bridgehead atoms. The molecule has 2 aliphatic heterocycles. The van der Waals surface area contributed by atoms with Crippen molar-refractivity contribution in [2.45, 2.75) is 38.5 Å². The molecule has 7 heteroatoms. The van der Waals surface area contributed by atoms with Crippen molar-refractivity contribution in [3.05, 3.63) is 53.6 Å². The van der Waals surface area contributed by atoms with E-state index in [0.717, 1.165) is 56.8 Å². The first-order valence-electron chi connectivity index (χ1n) is 11.2. The third-order valence-electron chi connectivity index (χ3n) is 6.44. The summed E-state index contributed by atoms with van der Waals surface area (Å²) < 4.78 is 0. The van der Waals surface area contributed by atoms with Crippen molar-refractivity contribution >= 4 is 17.5 Å². The number of hydrogen-bond donors (Lipinski definition) is 1. The average Bonchev–Trinajstić information content (AvgIpc) is 2.79. The van der Waals surface area contributed by atoms with E-state index in [1.165, 1.54) is 0 Å². The third-order valence-corrected chi connectivity index (χ3v) is 6.44. The molecule has 0 saturated carbocycles. The maximum atomic E-state index is 13.0. The molecule has 0 radical (unpaired) electrons. The molecule has 2 fully saturated rings. The summed E-state index contributed by atoms with van der Waals surface area (Å²) >= 11 is 0. The Bertz CT molecular complexity index is 925. The summed E-state index contributed by atoms with van der Waals surface area (Å²) in [5.41, 5.74) is 1.88. The van der Waals surface area contributed by atoms with Crippen LogP contribution >= 0.6 is 0 Å². The van der Waals surface area contributed by atoms with E-state index in [-0.39, 0.29) is 23.7 Å². The van der Waals surface area contributed by atoms with Crippen LogP contribution in [0.25, 0.3) is 0 Å². The molecule has 3 heterocycles. The monoisotopic (exact) mass is 421 g/mol. The van der Waals surface area contributed by atoms with E-state index < -0.39 is 0 Å². The molecule has 0 spiro atoms. The Morgan fingerprint density at radius 2 is 1.81 bits per heavy atom. The largest absolute Gasteiger partial charge is 0.342 e. The maximum absolute atomic E-state index is 13.0. The standard InChI is InChI=1S/C24H31N5O2/c1-17-21(23(30)27-20-8-4-3-5-9-20)15-25-22(26-17)19-7-6-12-29(16-19)24(31)18-10-13-28(2)14-11-18/h3-5,8-9,15,18-19H,6-7,10-14,16H2,1-2H3,(H,27,30)/t19-/m1/s1. The number of carbonyl (C=O) groups excluding carboxylic acids is 2. The number of benzene rings is 1. The minimum Gasteiger partial charge on any atom is -0.342 e. The van der Waals surface area contributed by atoms with Crippen molar-refractivity contribution in [1.82, 2.24) is 19.8 Å². The molecule has 1 aromatic carbocycles. The molecule has 1 atom stereocenters. The summed E-state index contributed by atoms with van der Waals surface area (Å²) in [5.74, 6) is 1.07. The first-order chi connectivity index (χ1) is 15.0. The Balaban J connectivity index is 1.41. The van der Waals surface area contributed by atoms with Gasteiger partial charge in [0, 0.05) is 36.8 Å². The highest BCUT2D eigenvalue weighted by Gasteiger charge is 2.32. The predicted molar refractivity (Wildman–Crippen MR) is 120 cm³/mol. The predicted octanol–water partition coefficient (Wildman–Crippen LogP) is 3.09. The van der Waals surface area contributed by atoms with Crippen LogP contribution in [0.2, 0.25) is 0 Å². The summed E-state index contributed by atoms with van der Waals surface area (Å²) in [5, 5.41) is 2.88. The minimum atomic E-state index is -0.210. The van der Waals surface area contributed by atoms with Gasteiger partial charge in [-0.3, -0.25) is 9.59 Å². The Morgan fingerprint density at radius 1 is 1.06 bits per heavy atom. The molecule has 2 aliphatic rings. The van der Waals surface area contributed by atoms with Gasteiger partial charge >= 0.3 is 0 Å². The average molecular weight is 422 g/mol. The highest BCUT2D eigenvalue weighted by atomic mass is 16.2. The molecule has 2 amide bonds. The fourth-order valence-corrected chi connectivity index (χ4v) is 4.53. The lowest BCUT2D eigenvalue weighted by Gasteiger charge is -2.36. The molecule has 0 unspecified atom stereocenters. The van der Waals surface area contributed by atoms with Crippen molar-refractivity contribution in [3.63, 3.8) is 0 Å². The van der Waals surface area contributed by atoms with Crippen LogP contribution in [0, 0.1) is 12.8 Å². The second-order valence-corrected chi connectivity index (χ2v) is 8.75. The number of anilines is 1. The van der Waals surface area contributed by atoms with Gasteiger partial charge in [-0.25, -0.2) is 9.97 Å². The van der Waals surface area contributed by atoms with Crippen molar-refractivity contribution in [1.29, 1.82) is 0 Å². The van der Waals surface area contributed by atoms with Gasteiger partial charge in [-0.15, -0.1) is 0 Å². The number of aromatic nitrogens is 2. The van der Waals surface area contributed by atoms with Gasteiger partial charge < -0.3 is 15.1 Å².